The van der Waals surface area contributed by atoms with Crippen molar-refractivity contribution >= 4 is 40.3 Å². The van der Waals surface area contributed by atoms with Crippen LogP contribution in [0.1, 0.15) is 5.56 Å². The Morgan fingerprint density at radius 2 is 1.83 bits per heavy atom. The SMILES string of the molecule is CN(c1ccc(C(N)=S)cc1)c1ccc(Cl)nn1. The maximum absolute atomic E-state index is 5.70. The summed E-state index contributed by atoms with van der Waals surface area (Å²) < 4.78 is 0. The standard InChI is InChI=1S/C12H11ClN4S/c1-17(11-7-6-10(13)15-16-11)9-4-2-8(3-5-9)12(14)18/h2-7H,1H3,(H2,14,18). The smallest absolute Gasteiger partial charge is 0.155 e. The molecule has 1 aromatic carbocycles. The lowest BCUT2D eigenvalue weighted by Gasteiger charge is -2.17. The van der Waals surface area contributed by atoms with E-state index in [1.165, 1.54) is 0 Å². The zero-order chi connectivity index (χ0) is 13.1. The van der Waals surface area contributed by atoms with Crippen LogP contribution in [0.2, 0.25) is 5.15 Å². The minimum absolute atomic E-state index is 0.371. The molecule has 0 atom stereocenters. The monoisotopic (exact) mass is 278 g/mol. The number of thiocarbonyl (C=S) groups is 1. The maximum atomic E-state index is 5.70. The average Bonchev–Trinajstić information content (AvgIpc) is 2.39. The van der Waals surface area contributed by atoms with E-state index in [1.54, 1.807) is 12.1 Å². The number of anilines is 2. The summed E-state index contributed by atoms with van der Waals surface area (Å²) in [6.45, 7) is 0. The van der Waals surface area contributed by atoms with Gasteiger partial charge < -0.3 is 10.6 Å². The lowest BCUT2D eigenvalue weighted by atomic mass is 10.2. The predicted molar refractivity (Wildman–Crippen MR) is 77.4 cm³/mol. The Balaban J connectivity index is 2.25. The van der Waals surface area contributed by atoms with Gasteiger partial charge in [-0.3, -0.25) is 0 Å². The van der Waals surface area contributed by atoms with Crippen molar-refractivity contribution in [3.8, 4) is 0 Å². The lowest BCUT2D eigenvalue weighted by Crippen LogP contribution is -2.13. The molecular weight excluding hydrogens is 268 g/mol. The van der Waals surface area contributed by atoms with Gasteiger partial charge in [-0.2, -0.15) is 0 Å². The van der Waals surface area contributed by atoms with Gasteiger partial charge in [0.2, 0.25) is 0 Å². The predicted octanol–water partition coefficient (Wildman–Crippen LogP) is 2.53. The van der Waals surface area contributed by atoms with Crippen LogP contribution in [-0.4, -0.2) is 22.2 Å². The minimum Gasteiger partial charge on any atom is -0.389 e. The van der Waals surface area contributed by atoms with Gasteiger partial charge in [0, 0.05) is 18.3 Å². The van der Waals surface area contributed by atoms with Crippen molar-refractivity contribution in [3.63, 3.8) is 0 Å². The number of hydrogen-bond acceptors (Lipinski definition) is 4. The van der Waals surface area contributed by atoms with Gasteiger partial charge in [0.25, 0.3) is 0 Å². The molecule has 2 rings (SSSR count). The van der Waals surface area contributed by atoms with E-state index in [0.29, 0.717) is 16.0 Å². The normalized spacial score (nSPS) is 10.1. The molecule has 0 saturated carbocycles. The van der Waals surface area contributed by atoms with E-state index in [9.17, 15) is 0 Å². The van der Waals surface area contributed by atoms with Gasteiger partial charge in [-0.05, 0) is 36.4 Å². The molecule has 0 bridgehead atoms. The van der Waals surface area contributed by atoms with Crippen LogP contribution in [0.15, 0.2) is 36.4 Å². The molecule has 2 aromatic rings. The zero-order valence-corrected chi connectivity index (χ0v) is 11.2. The highest BCUT2D eigenvalue weighted by atomic mass is 35.5. The molecule has 0 aliphatic heterocycles. The van der Waals surface area contributed by atoms with E-state index in [-0.39, 0.29) is 0 Å². The van der Waals surface area contributed by atoms with Crippen molar-refractivity contribution in [1.82, 2.24) is 10.2 Å². The zero-order valence-electron chi connectivity index (χ0n) is 9.67. The molecule has 1 heterocycles. The van der Waals surface area contributed by atoms with Crippen molar-refractivity contribution in [1.29, 1.82) is 0 Å². The molecular formula is C12H11ClN4S. The van der Waals surface area contributed by atoms with Gasteiger partial charge in [0.1, 0.15) is 4.99 Å². The Hall–Kier alpha value is -1.72. The van der Waals surface area contributed by atoms with E-state index < -0.39 is 0 Å². The highest BCUT2D eigenvalue weighted by molar-refractivity contribution is 7.80. The molecule has 92 valence electrons. The second-order valence-corrected chi connectivity index (χ2v) is 4.51. The first-order valence-electron chi connectivity index (χ1n) is 5.21. The summed E-state index contributed by atoms with van der Waals surface area (Å²) in [6.07, 6.45) is 0. The van der Waals surface area contributed by atoms with Crippen LogP contribution < -0.4 is 10.6 Å². The number of nitrogens with zero attached hydrogens (tertiary/aromatic N) is 3. The average molecular weight is 279 g/mol. The lowest BCUT2D eigenvalue weighted by molar-refractivity contribution is 0.988. The molecule has 0 aliphatic rings. The molecule has 0 aliphatic carbocycles. The number of hydrogen-bond donors (Lipinski definition) is 1. The second-order valence-electron chi connectivity index (χ2n) is 3.68. The molecule has 0 amide bonds. The molecule has 18 heavy (non-hydrogen) atoms. The summed E-state index contributed by atoms with van der Waals surface area (Å²) in [5.74, 6) is 0.711. The molecule has 0 saturated heterocycles. The van der Waals surface area contributed by atoms with Gasteiger partial charge in [-0.1, -0.05) is 23.8 Å². The first-order valence-corrected chi connectivity index (χ1v) is 5.99. The summed E-state index contributed by atoms with van der Waals surface area (Å²) in [7, 11) is 1.90. The Morgan fingerprint density at radius 3 is 2.33 bits per heavy atom. The summed E-state index contributed by atoms with van der Waals surface area (Å²) >= 11 is 10.6. The van der Waals surface area contributed by atoms with Crippen molar-refractivity contribution in [3.05, 3.63) is 47.1 Å². The Morgan fingerprint density at radius 1 is 1.17 bits per heavy atom. The van der Waals surface area contributed by atoms with E-state index in [1.807, 2.05) is 36.2 Å². The molecule has 0 fully saturated rings. The third-order valence-corrected chi connectivity index (χ3v) is 2.94. The van der Waals surface area contributed by atoms with Crippen LogP contribution in [0.4, 0.5) is 11.5 Å². The summed E-state index contributed by atoms with van der Waals surface area (Å²) in [5, 5.41) is 8.18. The highest BCUT2D eigenvalue weighted by Crippen LogP contribution is 2.21. The number of aromatic nitrogens is 2. The Labute approximate surface area is 115 Å². The van der Waals surface area contributed by atoms with Gasteiger partial charge in [0.15, 0.2) is 11.0 Å². The summed E-state index contributed by atoms with van der Waals surface area (Å²) in [4.78, 5) is 2.28. The molecule has 2 N–H and O–H groups in total. The second kappa shape index (κ2) is 5.29. The first-order chi connectivity index (χ1) is 8.58. The molecule has 0 radical (unpaired) electrons. The Bertz CT molecular complexity index is 553. The summed E-state index contributed by atoms with van der Waals surface area (Å²) in [6, 6.07) is 11.1. The molecule has 0 spiro atoms. The number of rotatable bonds is 3. The number of halogens is 1. The minimum atomic E-state index is 0.371. The fraction of sp³-hybridized carbons (Fsp3) is 0.0833. The van der Waals surface area contributed by atoms with E-state index >= 15 is 0 Å². The Kier molecular flexibility index (Phi) is 3.74. The fourth-order valence-electron chi connectivity index (χ4n) is 1.47. The maximum Gasteiger partial charge on any atom is 0.155 e. The van der Waals surface area contributed by atoms with Crippen molar-refractivity contribution in [2.75, 3.05) is 11.9 Å². The van der Waals surface area contributed by atoms with E-state index in [4.69, 9.17) is 29.6 Å². The number of benzene rings is 1. The molecule has 1 aromatic heterocycles. The van der Waals surface area contributed by atoms with Crippen LogP contribution >= 0.6 is 23.8 Å². The fourth-order valence-corrected chi connectivity index (χ4v) is 1.71. The van der Waals surface area contributed by atoms with E-state index in [2.05, 4.69) is 10.2 Å². The van der Waals surface area contributed by atoms with Crippen LogP contribution in [0.3, 0.4) is 0 Å². The summed E-state index contributed by atoms with van der Waals surface area (Å²) in [5.41, 5.74) is 7.35. The van der Waals surface area contributed by atoms with Gasteiger partial charge in [-0.25, -0.2) is 0 Å². The first kappa shape index (κ1) is 12.7. The van der Waals surface area contributed by atoms with Crippen LogP contribution in [0, 0.1) is 0 Å². The van der Waals surface area contributed by atoms with Crippen LogP contribution in [-0.2, 0) is 0 Å². The van der Waals surface area contributed by atoms with Crippen molar-refractivity contribution < 1.29 is 0 Å². The van der Waals surface area contributed by atoms with Gasteiger partial charge in [0.05, 0.1) is 0 Å². The third kappa shape index (κ3) is 2.75. The van der Waals surface area contributed by atoms with Crippen molar-refractivity contribution in [2.24, 2.45) is 5.73 Å². The van der Waals surface area contributed by atoms with Crippen LogP contribution in [0.5, 0.6) is 0 Å². The topological polar surface area (TPSA) is 55.0 Å². The van der Waals surface area contributed by atoms with Gasteiger partial charge in [-0.15, -0.1) is 10.2 Å². The highest BCUT2D eigenvalue weighted by Gasteiger charge is 2.06. The largest absolute Gasteiger partial charge is 0.389 e. The van der Waals surface area contributed by atoms with Gasteiger partial charge >= 0.3 is 0 Å². The molecule has 4 nitrogen and oxygen atoms in total. The molecule has 0 unspecified atom stereocenters. The number of nitrogens with two attached hydrogens (primary N) is 1. The van der Waals surface area contributed by atoms with E-state index in [0.717, 1.165) is 11.3 Å². The quantitative estimate of drug-likeness (QED) is 0.875. The van der Waals surface area contributed by atoms with Crippen LogP contribution in [0.25, 0.3) is 0 Å². The van der Waals surface area contributed by atoms with Crippen molar-refractivity contribution in [2.45, 2.75) is 0 Å². The third-order valence-electron chi connectivity index (χ3n) is 2.50. The molecule has 6 heteroatoms.